The predicted molar refractivity (Wildman–Crippen MR) is 101 cm³/mol. The average molecular weight is 436 g/mol. The van der Waals surface area contributed by atoms with Crippen LogP contribution in [-0.2, 0) is 12.8 Å². The van der Waals surface area contributed by atoms with Crippen LogP contribution in [0.2, 0.25) is 0 Å². The maximum Gasteiger partial charge on any atom is 0.416 e. The molecule has 160 valence electrons. The summed E-state index contributed by atoms with van der Waals surface area (Å²) in [7, 11) is 0. The topological polar surface area (TPSA) is 95.5 Å². The molecule has 3 aromatic rings. The number of ether oxygens (including phenoxy) is 1. The molecule has 3 rings (SSSR count). The molecular weight excluding hydrogens is 424 g/mol. The standard InChI is InChI=1S/C20H12F4N2O5/c21-17-9-16(18(25(27)28)10-19(17)26(29)30)15-7-2-1-4-12(15)11-31-14-6-3-5-13(8-14)20(22,23)24/h1-10H,11H2. The molecule has 0 saturated carbocycles. The van der Waals surface area contributed by atoms with Crippen molar-refractivity contribution in [3.63, 3.8) is 0 Å². The SMILES string of the molecule is O=[N+]([O-])c1cc([N+](=O)[O-])c(-c2ccccc2COc2cccc(C(F)(F)F)c2)cc1F. The zero-order valence-corrected chi connectivity index (χ0v) is 15.4. The van der Waals surface area contributed by atoms with Crippen LogP contribution >= 0.6 is 0 Å². The van der Waals surface area contributed by atoms with Gasteiger partial charge in [0.2, 0.25) is 5.82 Å². The van der Waals surface area contributed by atoms with E-state index in [9.17, 15) is 37.8 Å². The molecule has 0 unspecified atom stereocenters. The lowest BCUT2D eigenvalue weighted by atomic mass is 9.98. The first kappa shape index (κ1) is 21.7. The fourth-order valence-electron chi connectivity index (χ4n) is 2.89. The van der Waals surface area contributed by atoms with Gasteiger partial charge in [0, 0.05) is 0 Å². The highest BCUT2D eigenvalue weighted by molar-refractivity contribution is 5.78. The van der Waals surface area contributed by atoms with Gasteiger partial charge in [0.25, 0.3) is 5.69 Å². The van der Waals surface area contributed by atoms with E-state index in [4.69, 9.17) is 4.74 Å². The molecule has 0 radical (unpaired) electrons. The molecule has 31 heavy (non-hydrogen) atoms. The second-order valence-electron chi connectivity index (χ2n) is 6.31. The molecule has 0 heterocycles. The van der Waals surface area contributed by atoms with E-state index in [0.29, 0.717) is 17.7 Å². The summed E-state index contributed by atoms with van der Waals surface area (Å²) in [4.78, 5) is 20.4. The normalized spacial score (nSPS) is 11.2. The Labute approximate surface area is 171 Å². The van der Waals surface area contributed by atoms with E-state index < -0.39 is 38.8 Å². The lowest BCUT2D eigenvalue weighted by molar-refractivity contribution is -0.395. The smallest absolute Gasteiger partial charge is 0.416 e. The Hall–Kier alpha value is -4.02. The lowest BCUT2D eigenvalue weighted by Gasteiger charge is -2.13. The Balaban J connectivity index is 1.99. The first-order valence-electron chi connectivity index (χ1n) is 8.58. The fourth-order valence-corrected chi connectivity index (χ4v) is 2.89. The van der Waals surface area contributed by atoms with Gasteiger partial charge in [-0.1, -0.05) is 30.3 Å². The van der Waals surface area contributed by atoms with Crippen molar-refractivity contribution in [3.8, 4) is 16.9 Å². The van der Waals surface area contributed by atoms with Crippen LogP contribution in [0, 0.1) is 26.0 Å². The Kier molecular flexibility index (Phi) is 5.86. The quantitative estimate of drug-likeness (QED) is 0.272. The summed E-state index contributed by atoms with van der Waals surface area (Å²) in [5, 5.41) is 22.3. The van der Waals surface area contributed by atoms with Crippen molar-refractivity contribution in [1.29, 1.82) is 0 Å². The molecule has 0 aliphatic heterocycles. The van der Waals surface area contributed by atoms with E-state index in [1.807, 2.05) is 0 Å². The Morgan fingerprint density at radius 3 is 2.16 bits per heavy atom. The van der Waals surface area contributed by atoms with E-state index in [-0.39, 0.29) is 23.5 Å². The molecule has 0 aliphatic carbocycles. The maximum absolute atomic E-state index is 14.2. The summed E-state index contributed by atoms with van der Waals surface area (Å²) in [5.74, 6) is -1.35. The van der Waals surface area contributed by atoms with Crippen LogP contribution in [0.3, 0.4) is 0 Å². The molecule has 0 bridgehead atoms. The van der Waals surface area contributed by atoms with E-state index in [1.54, 1.807) is 6.07 Å². The predicted octanol–water partition coefficient (Wildman–Crippen LogP) is 5.91. The number of nitrogens with zero attached hydrogens (tertiary/aromatic N) is 2. The van der Waals surface area contributed by atoms with Crippen molar-refractivity contribution in [1.82, 2.24) is 0 Å². The van der Waals surface area contributed by atoms with E-state index in [1.165, 1.54) is 30.3 Å². The van der Waals surface area contributed by atoms with Gasteiger partial charge >= 0.3 is 11.9 Å². The largest absolute Gasteiger partial charge is 0.489 e. The van der Waals surface area contributed by atoms with Gasteiger partial charge in [0.1, 0.15) is 12.4 Å². The number of hydrogen-bond acceptors (Lipinski definition) is 5. The van der Waals surface area contributed by atoms with Crippen LogP contribution in [-0.4, -0.2) is 9.85 Å². The minimum Gasteiger partial charge on any atom is -0.489 e. The van der Waals surface area contributed by atoms with Crippen molar-refractivity contribution < 1.29 is 32.1 Å². The van der Waals surface area contributed by atoms with Crippen LogP contribution in [0.15, 0.2) is 60.7 Å². The number of alkyl halides is 3. The number of benzene rings is 3. The van der Waals surface area contributed by atoms with Crippen molar-refractivity contribution in [2.45, 2.75) is 12.8 Å². The second kappa shape index (κ2) is 8.38. The second-order valence-corrected chi connectivity index (χ2v) is 6.31. The number of halogens is 4. The molecule has 11 heteroatoms. The Bertz CT molecular complexity index is 1160. The minimum atomic E-state index is -4.56. The number of nitro benzene ring substituents is 2. The van der Waals surface area contributed by atoms with Gasteiger partial charge in [-0.2, -0.15) is 17.6 Å². The molecule has 0 spiro atoms. The van der Waals surface area contributed by atoms with Gasteiger partial charge in [-0.3, -0.25) is 20.2 Å². The average Bonchev–Trinajstić information content (AvgIpc) is 2.71. The van der Waals surface area contributed by atoms with Crippen LogP contribution < -0.4 is 4.74 Å². The molecule has 0 saturated heterocycles. The number of hydrogen-bond donors (Lipinski definition) is 0. The van der Waals surface area contributed by atoms with Crippen LogP contribution in [0.25, 0.3) is 11.1 Å². The molecule has 0 aliphatic rings. The number of rotatable bonds is 6. The first-order chi connectivity index (χ1) is 14.6. The highest BCUT2D eigenvalue weighted by atomic mass is 19.4. The molecular formula is C20H12F4N2O5. The van der Waals surface area contributed by atoms with Crippen LogP contribution in [0.5, 0.6) is 5.75 Å². The van der Waals surface area contributed by atoms with Crippen LogP contribution in [0.1, 0.15) is 11.1 Å². The fraction of sp³-hybridized carbons (Fsp3) is 0.100. The molecule has 3 aromatic carbocycles. The molecule has 0 atom stereocenters. The van der Waals surface area contributed by atoms with Gasteiger partial charge in [-0.15, -0.1) is 0 Å². The summed E-state index contributed by atoms with van der Waals surface area (Å²) < 4.78 is 58.2. The lowest BCUT2D eigenvalue weighted by Crippen LogP contribution is -2.05. The molecule has 0 fully saturated rings. The third kappa shape index (κ3) is 4.77. The Morgan fingerprint density at radius 1 is 0.839 bits per heavy atom. The highest BCUT2D eigenvalue weighted by Crippen LogP contribution is 2.37. The maximum atomic E-state index is 14.2. The molecule has 0 amide bonds. The van der Waals surface area contributed by atoms with Crippen molar-refractivity contribution >= 4 is 11.4 Å². The van der Waals surface area contributed by atoms with Gasteiger partial charge < -0.3 is 4.74 Å². The third-order valence-corrected chi connectivity index (χ3v) is 4.32. The zero-order valence-electron chi connectivity index (χ0n) is 15.4. The monoisotopic (exact) mass is 436 g/mol. The zero-order chi connectivity index (χ0) is 22.8. The minimum absolute atomic E-state index is 0.0889. The third-order valence-electron chi connectivity index (χ3n) is 4.32. The summed E-state index contributed by atoms with van der Waals surface area (Å²) in [6, 6.07) is 11.3. The molecule has 0 aromatic heterocycles. The summed E-state index contributed by atoms with van der Waals surface area (Å²) in [5.41, 5.74) is -2.43. The van der Waals surface area contributed by atoms with Crippen molar-refractivity contribution in [3.05, 3.63) is 97.8 Å². The van der Waals surface area contributed by atoms with E-state index in [2.05, 4.69) is 0 Å². The highest BCUT2D eigenvalue weighted by Gasteiger charge is 2.31. The van der Waals surface area contributed by atoms with E-state index >= 15 is 0 Å². The van der Waals surface area contributed by atoms with E-state index in [0.717, 1.165) is 12.1 Å². The van der Waals surface area contributed by atoms with Gasteiger partial charge in [0.15, 0.2) is 0 Å². The van der Waals surface area contributed by atoms with Gasteiger partial charge in [-0.25, -0.2) is 0 Å². The van der Waals surface area contributed by atoms with Crippen molar-refractivity contribution in [2.75, 3.05) is 0 Å². The van der Waals surface area contributed by atoms with Gasteiger partial charge in [-0.05, 0) is 35.4 Å². The summed E-state index contributed by atoms with van der Waals surface area (Å²) in [6.07, 6.45) is -4.56. The molecule has 7 nitrogen and oxygen atoms in total. The Morgan fingerprint density at radius 2 is 1.52 bits per heavy atom. The van der Waals surface area contributed by atoms with Crippen molar-refractivity contribution in [2.24, 2.45) is 0 Å². The summed E-state index contributed by atoms with van der Waals surface area (Å²) >= 11 is 0. The van der Waals surface area contributed by atoms with Crippen LogP contribution in [0.4, 0.5) is 28.9 Å². The summed E-state index contributed by atoms with van der Waals surface area (Å²) in [6.45, 7) is -0.284. The first-order valence-corrected chi connectivity index (χ1v) is 8.58. The number of nitro groups is 2. The molecule has 0 N–H and O–H groups in total. The van der Waals surface area contributed by atoms with Gasteiger partial charge in [0.05, 0.1) is 27.0 Å².